The minimum absolute atomic E-state index is 0.0423. The molecule has 0 unspecified atom stereocenters. The number of aromatic hydroxyl groups is 1. The number of ether oxygens (including phenoxy) is 2. The van der Waals surface area contributed by atoms with Gasteiger partial charge >= 0.3 is 0 Å². The summed E-state index contributed by atoms with van der Waals surface area (Å²) in [5.74, 6) is 1.60. The molecule has 0 amide bonds. The van der Waals surface area contributed by atoms with E-state index in [0.29, 0.717) is 23.6 Å². The summed E-state index contributed by atoms with van der Waals surface area (Å²) >= 11 is 4.87. The molecule has 0 aliphatic heterocycles. The van der Waals surface area contributed by atoms with Crippen molar-refractivity contribution in [2.45, 2.75) is 6.92 Å². The number of nitrogens with one attached hydrogen (secondary N) is 1. The standard InChI is InChI=1S/C20H20N4O3S/c1-3-27-14-8-9-15(17(25)10-14)18-16(11-22-20(23-18)24-19(21)28)12-4-6-13(26-2)7-5-12/h4-11,25H,3H2,1-2H3,(H3,21,22,23,24,28). The van der Waals surface area contributed by atoms with Gasteiger partial charge in [-0.3, -0.25) is 0 Å². The fourth-order valence-electron chi connectivity index (χ4n) is 2.71. The summed E-state index contributed by atoms with van der Waals surface area (Å²) < 4.78 is 10.7. The number of benzene rings is 2. The van der Waals surface area contributed by atoms with Gasteiger partial charge in [-0.2, -0.15) is 0 Å². The molecule has 0 saturated carbocycles. The van der Waals surface area contributed by atoms with Crippen molar-refractivity contribution in [3.05, 3.63) is 48.7 Å². The lowest BCUT2D eigenvalue weighted by molar-refractivity contribution is 0.338. The van der Waals surface area contributed by atoms with Crippen LogP contribution in [0.15, 0.2) is 48.7 Å². The first-order valence-electron chi connectivity index (χ1n) is 8.56. The molecule has 2 aromatic carbocycles. The van der Waals surface area contributed by atoms with Crippen molar-refractivity contribution in [3.8, 4) is 39.6 Å². The van der Waals surface area contributed by atoms with Crippen molar-refractivity contribution in [2.75, 3.05) is 19.0 Å². The maximum atomic E-state index is 10.6. The van der Waals surface area contributed by atoms with Crippen LogP contribution in [-0.2, 0) is 0 Å². The van der Waals surface area contributed by atoms with Gasteiger partial charge in [0.15, 0.2) is 5.11 Å². The molecule has 3 aromatic rings. The molecule has 7 nitrogen and oxygen atoms in total. The number of methoxy groups -OCH3 is 1. The third-order valence-electron chi connectivity index (χ3n) is 3.96. The van der Waals surface area contributed by atoms with E-state index in [-0.39, 0.29) is 16.8 Å². The topological polar surface area (TPSA) is 103 Å². The monoisotopic (exact) mass is 396 g/mol. The molecule has 0 bridgehead atoms. The molecule has 144 valence electrons. The van der Waals surface area contributed by atoms with Gasteiger partial charge in [0, 0.05) is 23.4 Å². The quantitative estimate of drug-likeness (QED) is 0.544. The maximum Gasteiger partial charge on any atom is 0.229 e. The van der Waals surface area contributed by atoms with Gasteiger partial charge in [-0.1, -0.05) is 12.1 Å². The van der Waals surface area contributed by atoms with Gasteiger partial charge in [0.05, 0.1) is 19.4 Å². The van der Waals surface area contributed by atoms with Gasteiger partial charge in [0.1, 0.15) is 17.2 Å². The summed E-state index contributed by atoms with van der Waals surface area (Å²) in [6.07, 6.45) is 1.65. The van der Waals surface area contributed by atoms with Crippen LogP contribution in [0.25, 0.3) is 22.4 Å². The van der Waals surface area contributed by atoms with Crippen LogP contribution in [0.4, 0.5) is 5.95 Å². The number of rotatable bonds is 6. The Labute approximate surface area is 168 Å². The first-order valence-corrected chi connectivity index (χ1v) is 8.96. The number of hydrogen-bond acceptors (Lipinski definition) is 6. The maximum absolute atomic E-state index is 10.6. The largest absolute Gasteiger partial charge is 0.507 e. The Morgan fingerprint density at radius 1 is 1.14 bits per heavy atom. The first-order chi connectivity index (χ1) is 13.5. The Bertz CT molecular complexity index is 993. The van der Waals surface area contributed by atoms with Crippen LogP contribution in [0.1, 0.15) is 6.92 Å². The minimum atomic E-state index is 0.0423. The summed E-state index contributed by atoms with van der Waals surface area (Å²) in [5, 5.41) is 13.3. The number of anilines is 1. The predicted molar refractivity (Wildman–Crippen MR) is 113 cm³/mol. The highest BCUT2D eigenvalue weighted by Crippen LogP contribution is 2.37. The average Bonchev–Trinajstić information content (AvgIpc) is 2.68. The van der Waals surface area contributed by atoms with Gasteiger partial charge in [0.2, 0.25) is 5.95 Å². The SMILES string of the molecule is CCOc1ccc(-c2nc(NC(N)=S)ncc2-c2ccc(OC)cc2)c(O)c1. The van der Waals surface area contributed by atoms with E-state index < -0.39 is 0 Å². The Morgan fingerprint density at radius 2 is 1.86 bits per heavy atom. The van der Waals surface area contributed by atoms with Crippen LogP contribution in [-0.4, -0.2) is 33.9 Å². The number of nitrogens with zero attached hydrogens (tertiary/aromatic N) is 2. The number of aromatic nitrogens is 2. The lowest BCUT2D eigenvalue weighted by Gasteiger charge is -2.13. The van der Waals surface area contributed by atoms with Crippen LogP contribution >= 0.6 is 12.2 Å². The summed E-state index contributed by atoms with van der Waals surface area (Å²) in [7, 11) is 1.61. The third kappa shape index (κ3) is 4.29. The average molecular weight is 396 g/mol. The molecule has 0 saturated heterocycles. The van der Waals surface area contributed by atoms with E-state index in [1.807, 2.05) is 31.2 Å². The molecular formula is C20H20N4O3S. The van der Waals surface area contributed by atoms with Crippen LogP contribution in [0, 0.1) is 0 Å². The van der Waals surface area contributed by atoms with Crippen molar-refractivity contribution in [1.82, 2.24) is 9.97 Å². The highest BCUT2D eigenvalue weighted by atomic mass is 32.1. The van der Waals surface area contributed by atoms with E-state index in [1.54, 1.807) is 31.5 Å². The van der Waals surface area contributed by atoms with E-state index in [0.717, 1.165) is 16.9 Å². The predicted octanol–water partition coefficient (Wildman–Crippen LogP) is 3.58. The third-order valence-corrected chi connectivity index (χ3v) is 4.06. The normalized spacial score (nSPS) is 10.4. The number of phenolic OH excluding ortho intramolecular Hbond substituents is 1. The van der Waals surface area contributed by atoms with Crippen LogP contribution < -0.4 is 20.5 Å². The van der Waals surface area contributed by atoms with Crippen molar-refractivity contribution in [3.63, 3.8) is 0 Å². The Hall–Kier alpha value is -3.39. The molecule has 0 aliphatic rings. The molecule has 3 rings (SSSR count). The van der Waals surface area contributed by atoms with E-state index in [1.165, 1.54) is 0 Å². The van der Waals surface area contributed by atoms with E-state index in [2.05, 4.69) is 15.3 Å². The number of phenols is 1. The smallest absolute Gasteiger partial charge is 0.229 e. The van der Waals surface area contributed by atoms with E-state index >= 15 is 0 Å². The van der Waals surface area contributed by atoms with Crippen molar-refractivity contribution in [2.24, 2.45) is 5.73 Å². The summed E-state index contributed by atoms with van der Waals surface area (Å²) in [4.78, 5) is 8.79. The number of thiocarbonyl (C=S) groups is 1. The minimum Gasteiger partial charge on any atom is -0.507 e. The lowest BCUT2D eigenvalue weighted by atomic mass is 10.00. The molecule has 28 heavy (non-hydrogen) atoms. The summed E-state index contributed by atoms with van der Waals surface area (Å²) in [6, 6.07) is 12.6. The van der Waals surface area contributed by atoms with Crippen LogP contribution in [0.3, 0.4) is 0 Å². The molecule has 0 radical (unpaired) electrons. The molecule has 1 aromatic heterocycles. The molecule has 0 spiro atoms. The van der Waals surface area contributed by atoms with Gasteiger partial charge in [-0.15, -0.1) is 0 Å². The molecule has 1 heterocycles. The lowest BCUT2D eigenvalue weighted by Crippen LogP contribution is -2.20. The van der Waals surface area contributed by atoms with E-state index in [9.17, 15) is 5.11 Å². The Morgan fingerprint density at radius 3 is 2.46 bits per heavy atom. The second-order valence-corrected chi connectivity index (χ2v) is 6.23. The zero-order valence-corrected chi connectivity index (χ0v) is 16.3. The van der Waals surface area contributed by atoms with Gasteiger partial charge in [-0.25, -0.2) is 9.97 Å². The zero-order chi connectivity index (χ0) is 20.1. The van der Waals surface area contributed by atoms with Crippen molar-refractivity contribution >= 4 is 23.3 Å². The van der Waals surface area contributed by atoms with Crippen LogP contribution in [0.5, 0.6) is 17.2 Å². The Kier molecular flexibility index (Phi) is 5.90. The number of hydrogen-bond donors (Lipinski definition) is 3. The Balaban J connectivity index is 2.13. The van der Waals surface area contributed by atoms with Crippen molar-refractivity contribution < 1.29 is 14.6 Å². The summed E-state index contributed by atoms with van der Waals surface area (Å²) in [6.45, 7) is 2.39. The van der Waals surface area contributed by atoms with Gasteiger partial charge < -0.3 is 25.6 Å². The fraction of sp³-hybridized carbons (Fsp3) is 0.150. The van der Waals surface area contributed by atoms with Crippen LogP contribution in [0.2, 0.25) is 0 Å². The van der Waals surface area contributed by atoms with Gasteiger partial charge in [0.25, 0.3) is 0 Å². The zero-order valence-electron chi connectivity index (χ0n) is 15.5. The molecule has 4 N–H and O–H groups in total. The molecule has 0 aliphatic carbocycles. The highest BCUT2D eigenvalue weighted by Gasteiger charge is 2.16. The molecule has 0 fully saturated rings. The second-order valence-electron chi connectivity index (χ2n) is 5.79. The van der Waals surface area contributed by atoms with Crippen molar-refractivity contribution in [1.29, 1.82) is 0 Å². The molecule has 8 heteroatoms. The molecule has 0 atom stereocenters. The second kappa shape index (κ2) is 8.53. The molecular weight excluding hydrogens is 376 g/mol. The highest BCUT2D eigenvalue weighted by molar-refractivity contribution is 7.80. The summed E-state index contributed by atoms with van der Waals surface area (Å²) in [5.41, 5.74) is 8.19. The van der Waals surface area contributed by atoms with E-state index in [4.69, 9.17) is 27.4 Å². The fourth-order valence-corrected chi connectivity index (χ4v) is 2.80. The number of nitrogens with two attached hydrogens (primary N) is 1. The van der Waals surface area contributed by atoms with Gasteiger partial charge in [-0.05, 0) is 49.0 Å². The first kappa shape index (κ1) is 19.4.